The second kappa shape index (κ2) is 22.2. The van der Waals surface area contributed by atoms with Crippen molar-refractivity contribution in [3.05, 3.63) is 0 Å². The van der Waals surface area contributed by atoms with Gasteiger partial charge in [-0.1, -0.05) is 0 Å². The number of aliphatic carboxylic acids is 1. The molecule has 0 fully saturated rings. The van der Waals surface area contributed by atoms with Gasteiger partial charge in [0.1, 0.15) is 13.3 Å². The lowest BCUT2D eigenvalue weighted by Crippen LogP contribution is -2.15. The molecule has 0 saturated heterocycles. The molecule has 0 rings (SSSR count). The summed E-state index contributed by atoms with van der Waals surface area (Å²) in [5.41, 5.74) is 0. The minimum Gasteiger partial charge on any atom is -0.480 e. The monoisotopic (exact) mass is 386 g/mol. The van der Waals surface area contributed by atoms with E-state index < -0.39 is 12.6 Å². The Hall–Kier alpha value is -0.880. The Balaban J connectivity index is 2.98. The molecule has 0 saturated carbocycles. The van der Waals surface area contributed by atoms with Crippen LogP contribution in [0.25, 0.3) is 0 Å². The summed E-state index contributed by atoms with van der Waals surface area (Å²) >= 11 is 0. The van der Waals surface area contributed by atoms with Crippen molar-refractivity contribution in [2.24, 2.45) is 0 Å². The van der Waals surface area contributed by atoms with Crippen LogP contribution in [0.15, 0.2) is 0 Å². The lowest BCUT2D eigenvalue weighted by Gasteiger charge is -2.08. The van der Waals surface area contributed by atoms with Gasteiger partial charge in [0, 0.05) is 0 Å². The van der Waals surface area contributed by atoms with Gasteiger partial charge in [0.25, 0.3) is 0 Å². The lowest BCUT2D eigenvalue weighted by atomic mass is 10.6. The van der Waals surface area contributed by atoms with Crippen molar-refractivity contribution in [1.29, 1.82) is 0 Å². The van der Waals surface area contributed by atoms with E-state index in [2.05, 4.69) is 0 Å². The summed E-state index contributed by atoms with van der Waals surface area (Å²) in [5, 5.41) is 8.35. The van der Waals surface area contributed by atoms with Crippen molar-refractivity contribution in [3.8, 4) is 0 Å². The van der Waals surface area contributed by atoms with Crippen LogP contribution >= 0.6 is 0 Å². The zero-order chi connectivity index (χ0) is 19.1. The van der Waals surface area contributed by atoms with Crippen LogP contribution in [0, 0.1) is 0 Å². The fraction of sp³-hybridized carbons (Fsp3) is 0.938. The summed E-state index contributed by atoms with van der Waals surface area (Å²) in [4.78, 5) is 10.2. The number of carboxylic acid groups (broad SMARTS) is 1. The number of ether oxygens (including phenoxy) is 7. The zero-order valence-electron chi connectivity index (χ0n) is 15.2. The molecule has 0 aromatic carbocycles. The van der Waals surface area contributed by atoms with E-state index in [1.54, 1.807) is 0 Å². The molecule has 0 radical (unpaired) electrons. The van der Waals surface area contributed by atoms with E-state index in [1.165, 1.54) is 0 Å². The Morgan fingerprint density at radius 3 is 1.08 bits per heavy atom. The van der Waals surface area contributed by atoms with Gasteiger partial charge >= 0.3 is 5.97 Å². The Morgan fingerprint density at radius 2 is 0.808 bits per heavy atom. The van der Waals surface area contributed by atoms with Crippen molar-refractivity contribution in [3.63, 3.8) is 0 Å². The molecule has 0 aliphatic heterocycles. The van der Waals surface area contributed by atoms with Crippen LogP contribution in [-0.4, -0.2) is 110 Å². The number of rotatable bonds is 22. The van der Waals surface area contributed by atoms with Gasteiger partial charge in [0.15, 0.2) is 0 Å². The van der Waals surface area contributed by atoms with Crippen LogP contribution in [0.3, 0.4) is 0 Å². The van der Waals surface area contributed by atoms with Crippen molar-refractivity contribution >= 4 is 5.97 Å². The summed E-state index contributed by atoms with van der Waals surface area (Å²) in [6, 6.07) is 0. The molecule has 0 heterocycles. The van der Waals surface area contributed by atoms with E-state index >= 15 is 0 Å². The van der Waals surface area contributed by atoms with Crippen LogP contribution in [0.5, 0.6) is 0 Å². The van der Waals surface area contributed by atoms with Crippen molar-refractivity contribution in [2.75, 3.05) is 99.2 Å². The highest BCUT2D eigenvalue weighted by molar-refractivity contribution is 5.67. The molecule has 0 spiro atoms. The van der Waals surface area contributed by atoms with Gasteiger partial charge in [0.2, 0.25) is 0 Å². The maximum absolute atomic E-state index is 11.7. The number of carbonyl (C=O) groups is 1. The molecular weight excluding hydrogens is 355 g/mol. The molecule has 10 heteroatoms. The molecular formula is C16H31FO9. The summed E-state index contributed by atoms with van der Waals surface area (Å²) in [6.07, 6.45) is 0. The average molecular weight is 386 g/mol. The van der Waals surface area contributed by atoms with E-state index in [1.807, 2.05) is 0 Å². The molecule has 1 N–H and O–H groups in total. The Labute approximate surface area is 153 Å². The lowest BCUT2D eigenvalue weighted by molar-refractivity contribution is -0.142. The smallest absolute Gasteiger partial charge is 0.329 e. The van der Waals surface area contributed by atoms with Gasteiger partial charge in [-0.05, 0) is 0 Å². The number of carboxylic acids is 1. The first-order chi connectivity index (χ1) is 12.8. The normalized spacial score (nSPS) is 11.1. The molecule has 0 aliphatic carbocycles. The molecule has 0 atom stereocenters. The van der Waals surface area contributed by atoms with Crippen LogP contribution in [-0.2, 0) is 38.0 Å². The highest BCUT2D eigenvalue weighted by Gasteiger charge is 1.96. The summed E-state index contributed by atoms with van der Waals surface area (Å²) in [5.74, 6) is -0.997. The molecule has 0 amide bonds. The number of hydrogen-bond donors (Lipinski definition) is 1. The van der Waals surface area contributed by atoms with E-state index in [0.717, 1.165) is 0 Å². The third kappa shape index (κ3) is 23.1. The maximum Gasteiger partial charge on any atom is 0.329 e. The van der Waals surface area contributed by atoms with Gasteiger partial charge in [-0.15, -0.1) is 0 Å². The Bertz CT molecular complexity index is 295. The van der Waals surface area contributed by atoms with Gasteiger partial charge in [-0.2, -0.15) is 0 Å². The third-order valence-corrected chi connectivity index (χ3v) is 2.68. The minimum absolute atomic E-state index is 0.109. The standard InChI is InChI=1S/C16H31FO9/c17-1-2-20-3-4-21-5-6-22-7-8-23-9-10-24-11-12-25-13-14-26-15-16(18)19/h1-15H2,(H,18,19). The van der Waals surface area contributed by atoms with Gasteiger partial charge in [-0.25, -0.2) is 9.18 Å². The highest BCUT2D eigenvalue weighted by Crippen LogP contribution is 1.85. The van der Waals surface area contributed by atoms with E-state index in [9.17, 15) is 9.18 Å². The van der Waals surface area contributed by atoms with Gasteiger partial charge in [0.05, 0.1) is 85.9 Å². The minimum atomic E-state index is -0.997. The first-order valence-electron chi connectivity index (χ1n) is 8.59. The predicted molar refractivity (Wildman–Crippen MR) is 89.3 cm³/mol. The fourth-order valence-corrected chi connectivity index (χ4v) is 1.53. The van der Waals surface area contributed by atoms with Crippen molar-refractivity contribution < 1.29 is 47.4 Å². The van der Waals surface area contributed by atoms with Crippen LogP contribution < -0.4 is 0 Å². The summed E-state index contributed by atoms with van der Waals surface area (Å²) in [6.45, 7) is 4.36. The maximum atomic E-state index is 11.7. The van der Waals surface area contributed by atoms with E-state index in [-0.39, 0.29) is 19.8 Å². The number of hydrogen-bond acceptors (Lipinski definition) is 8. The molecule has 0 aliphatic rings. The zero-order valence-corrected chi connectivity index (χ0v) is 15.2. The van der Waals surface area contributed by atoms with Crippen molar-refractivity contribution in [2.45, 2.75) is 0 Å². The molecule has 9 nitrogen and oxygen atoms in total. The molecule has 0 aromatic rings. The first-order valence-corrected chi connectivity index (χ1v) is 8.59. The number of halogens is 1. The quantitative estimate of drug-likeness (QED) is 0.261. The SMILES string of the molecule is O=C(O)COCCOCCOCCOCCOCCOCCOCCF. The highest BCUT2D eigenvalue weighted by atomic mass is 19.1. The first kappa shape index (κ1) is 25.1. The molecule has 0 bridgehead atoms. The summed E-state index contributed by atoms with van der Waals surface area (Å²) in [7, 11) is 0. The molecule has 0 unspecified atom stereocenters. The van der Waals surface area contributed by atoms with Crippen LogP contribution in [0.2, 0.25) is 0 Å². The molecule has 156 valence electrons. The Morgan fingerprint density at radius 1 is 0.538 bits per heavy atom. The van der Waals surface area contributed by atoms with Gasteiger partial charge in [-0.3, -0.25) is 0 Å². The van der Waals surface area contributed by atoms with E-state index in [4.69, 9.17) is 38.3 Å². The second-order valence-electron chi connectivity index (χ2n) is 4.81. The second-order valence-corrected chi connectivity index (χ2v) is 4.81. The third-order valence-electron chi connectivity index (χ3n) is 2.68. The average Bonchev–Trinajstić information content (AvgIpc) is 2.62. The van der Waals surface area contributed by atoms with Crippen molar-refractivity contribution in [1.82, 2.24) is 0 Å². The van der Waals surface area contributed by atoms with Crippen LogP contribution in [0.4, 0.5) is 4.39 Å². The fourth-order valence-electron chi connectivity index (χ4n) is 1.53. The van der Waals surface area contributed by atoms with Crippen LogP contribution in [0.1, 0.15) is 0 Å². The van der Waals surface area contributed by atoms with E-state index in [0.29, 0.717) is 72.7 Å². The van der Waals surface area contributed by atoms with Gasteiger partial charge < -0.3 is 38.3 Å². The molecule has 0 aromatic heterocycles. The predicted octanol–water partition coefficient (Wildman–Crippen LogP) is 0.157. The Kier molecular flexibility index (Phi) is 21.4. The topological polar surface area (TPSA) is 102 Å². The largest absolute Gasteiger partial charge is 0.480 e. The number of alkyl halides is 1. The molecule has 26 heavy (non-hydrogen) atoms. The summed E-state index contributed by atoms with van der Waals surface area (Å²) < 4.78 is 47.8.